The molecule has 7 heterocycles. The van der Waals surface area contributed by atoms with Crippen molar-refractivity contribution in [2.45, 2.75) is 75.7 Å². The van der Waals surface area contributed by atoms with Crippen LogP contribution in [-0.2, 0) is 0 Å². The van der Waals surface area contributed by atoms with Crippen molar-refractivity contribution < 1.29 is 22.3 Å². The SMILES string of the molecule is Cc1cc2[nH]ncc2c(-c2ncc3c(N4CC5CCC(C(F)F)(C4)N5)nc(OCC45CCCN4CC(F)C5)nc3c2F)c1C. The number of piperazine rings is 1. The Morgan fingerprint density at radius 2 is 2.00 bits per heavy atom. The van der Waals surface area contributed by atoms with Crippen LogP contribution < -0.4 is 15.0 Å². The van der Waals surface area contributed by atoms with E-state index in [1.54, 1.807) is 11.1 Å². The predicted molar refractivity (Wildman–Crippen MR) is 158 cm³/mol. The van der Waals surface area contributed by atoms with Crippen LogP contribution in [0.1, 0.15) is 43.2 Å². The lowest BCUT2D eigenvalue weighted by Gasteiger charge is -2.41. The van der Waals surface area contributed by atoms with Crippen LogP contribution in [0.25, 0.3) is 33.1 Å². The molecule has 0 amide bonds. The lowest BCUT2D eigenvalue weighted by Crippen LogP contribution is -2.63. The van der Waals surface area contributed by atoms with Crippen molar-refractivity contribution in [1.82, 2.24) is 35.4 Å². The Morgan fingerprint density at radius 1 is 1.14 bits per heavy atom. The van der Waals surface area contributed by atoms with Crippen LogP contribution in [0.3, 0.4) is 0 Å². The highest BCUT2D eigenvalue weighted by molar-refractivity contribution is 5.99. The van der Waals surface area contributed by atoms with E-state index in [2.05, 4.69) is 30.4 Å². The van der Waals surface area contributed by atoms with Crippen molar-refractivity contribution in [3.8, 4) is 17.3 Å². The predicted octanol–water partition coefficient (Wildman–Crippen LogP) is 4.86. The maximum Gasteiger partial charge on any atom is 0.319 e. The Labute approximate surface area is 251 Å². The summed E-state index contributed by atoms with van der Waals surface area (Å²) in [7, 11) is 0. The zero-order valence-corrected chi connectivity index (χ0v) is 24.6. The summed E-state index contributed by atoms with van der Waals surface area (Å²) in [5.41, 5.74) is 1.45. The first kappa shape index (κ1) is 27.9. The summed E-state index contributed by atoms with van der Waals surface area (Å²) in [5, 5.41) is 11.3. The number of aromatic amines is 1. The number of hydrogen-bond acceptors (Lipinski definition) is 8. The molecular weight excluding hydrogens is 576 g/mol. The number of aryl methyl sites for hydroxylation is 1. The standard InChI is InChI=1S/C31H34F4N8O/c1-16-8-22-20(11-37-41-22)23(17(16)2)26-24(33)25-21(10-36-26)27(42-13-19-4-6-31(14-42,40-19)28(34)35)39-29(38-25)44-15-30-5-3-7-43(30)12-18(32)9-30/h8,10-11,18-19,28,40H,3-7,9,12-15H2,1-2H3,(H,37,41). The first-order valence-corrected chi connectivity index (χ1v) is 15.3. The molecule has 1 aromatic carbocycles. The molecule has 13 heteroatoms. The number of nitrogens with one attached hydrogen (secondary N) is 2. The van der Waals surface area contributed by atoms with Gasteiger partial charge in [-0.3, -0.25) is 15.0 Å². The molecule has 4 fully saturated rings. The summed E-state index contributed by atoms with van der Waals surface area (Å²) in [6, 6.07) is 1.75. The third kappa shape index (κ3) is 4.18. The summed E-state index contributed by atoms with van der Waals surface area (Å²) in [6.07, 6.45) is 2.71. The minimum absolute atomic E-state index is 0.0000885. The number of halogens is 4. The number of rotatable bonds is 6. The molecule has 0 spiro atoms. The number of H-pyrrole nitrogens is 1. The lowest BCUT2D eigenvalue weighted by atomic mass is 9.95. The fourth-order valence-electron chi connectivity index (χ4n) is 8.10. The first-order chi connectivity index (χ1) is 21.2. The van der Waals surface area contributed by atoms with Gasteiger partial charge in [0, 0.05) is 49.2 Å². The average Bonchev–Trinajstić information content (AvgIpc) is 3.76. The molecule has 0 aliphatic carbocycles. The summed E-state index contributed by atoms with van der Waals surface area (Å²) in [4.78, 5) is 17.8. The third-order valence-corrected chi connectivity index (χ3v) is 10.4. The molecule has 4 aliphatic rings. The maximum absolute atomic E-state index is 16.8. The Balaban J connectivity index is 1.26. The second kappa shape index (κ2) is 9.96. The van der Waals surface area contributed by atoms with Gasteiger partial charge in [-0.1, -0.05) is 0 Å². The van der Waals surface area contributed by atoms with Crippen molar-refractivity contribution in [3.63, 3.8) is 0 Å². The van der Waals surface area contributed by atoms with E-state index in [9.17, 15) is 13.2 Å². The van der Waals surface area contributed by atoms with Gasteiger partial charge in [0.05, 0.1) is 28.2 Å². The molecule has 0 saturated carbocycles. The van der Waals surface area contributed by atoms with Crippen molar-refractivity contribution in [1.29, 1.82) is 0 Å². The minimum Gasteiger partial charge on any atom is -0.461 e. The molecule has 4 unspecified atom stereocenters. The Hall–Kier alpha value is -3.58. The quantitative estimate of drug-likeness (QED) is 0.299. The van der Waals surface area contributed by atoms with Crippen LogP contribution in [0, 0.1) is 19.7 Å². The molecule has 4 aliphatic heterocycles. The number of benzene rings is 1. The van der Waals surface area contributed by atoms with Gasteiger partial charge in [0.1, 0.15) is 29.8 Å². The van der Waals surface area contributed by atoms with Crippen LogP contribution in [0.5, 0.6) is 6.01 Å². The highest BCUT2D eigenvalue weighted by Crippen LogP contribution is 2.42. The molecule has 0 radical (unpaired) electrons. The summed E-state index contributed by atoms with van der Waals surface area (Å²) in [5.74, 6) is -0.342. The van der Waals surface area contributed by atoms with Crippen LogP contribution in [0.15, 0.2) is 18.5 Å². The summed E-state index contributed by atoms with van der Waals surface area (Å²) >= 11 is 0. The average molecular weight is 611 g/mol. The summed E-state index contributed by atoms with van der Waals surface area (Å²) < 4.78 is 66.1. The molecule has 4 aromatic rings. The monoisotopic (exact) mass is 610 g/mol. The third-order valence-electron chi connectivity index (χ3n) is 10.4. The molecule has 4 atom stereocenters. The maximum atomic E-state index is 16.8. The van der Waals surface area contributed by atoms with Crippen LogP contribution in [0.4, 0.5) is 23.4 Å². The molecule has 2 N–H and O–H groups in total. The Kier molecular flexibility index (Phi) is 6.33. The van der Waals surface area contributed by atoms with Gasteiger partial charge in [-0.25, -0.2) is 17.6 Å². The zero-order chi connectivity index (χ0) is 30.4. The number of ether oxygens (including phenoxy) is 1. The fourth-order valence-corrected chi connectivity index (χ4v) is 8.10. The van der Waals surface area contributed by atoms with Crippen LogP contribution in [-0.4, -0.2) is 92.6 Å². The van der Waals surface area contributed by atoms with E-state index in [-0.39, 0.29) is 36.4 Å². The second-order valence-corrected chi connectivity index (χ2v) is 13.1. The van der Waals surface area contributed by atoms with E-state index >= 15 is 4.39 Å². The molecule has 232 valence electrons. The largest absolute Gasteiger partial charge is 0.461 e. The van der Waals surface area contributed by atoms with Gasteiger partial charge in [-0.15, -0.1) is 0 Å². The van der Waals surface area contributed by atoms with Gasteiger partial charge in [0.25, 0.3) is 6.43 Å². The van der Waals surface area contributed by atoms with Gasteiger partial charge in [-0.05, 0) is 63.3 Å². The fraction of sp³-hybridized carbons (Fsp3) is 0.548. The van der Waals surface area contributed by atoms with E-state index in [4.69, 9.17) is 9.72 Å². The molecule has 9 nitrogen and oxygen atoms in total. The van der Waals surface area contributed by atoms with Crippen molar-refractivity contribution >= 4 is 27.6 Å². The first-order valence-electron chi connectivity index (χ1n) is 15.3. The van der Waals surface area contributed by atoms with E-state index in [1.807, 2.05) is 19.9 Å². The van der Waals surface area contributed by atoms with Gasteiger partial charge in [-0.2, -0.15) is 15.1 Å². The highest BCUT2D eigenvalue weighted by Gasteiger charge is 2.52. The van der Waals surface area contributed by atoms with E-state index in [0.29, 0.717) is 49.1 Å². The molecule has 2 bridgehead atoms. The Bertz CT molecular complexity index is 1780. The normalized spacial score (nSPS) is 28.6. The number of pyridine rings is 1. The van der Waals surface area contributed by atoms with E-state index < -0.39 is 29.5 Å². The van der Waals surface area contributed by atoms with E-state index in [1.165, 1.54) is 6.20 Å². The topological polar surface area (TPSA) is 95.1 Å². The molecule has 44 heavy (non-hydrogen) atoms. The molecule has 4 saturated heterocycles. The van der Waals surface area contributed by atoms with Crippen molar-refractivity contribution in [2.75, 3.05) is 37.7 Å². The molecule has 8 rings (SSSR count). The second-order valence-electron chi connectivity index (χ2n) is 13.1. The van der Waals surface area contributed by atoms with Gasteiger partial charge in [0.15, 0.2) is 5.82 Å². The number of nitrogens with zero attached hydrogens (tertiary/aromatic N) is 6. The smallest absolute Gasteiger partial charge is 0.319 e. The number of aromatic nitrogens is 5. The number of hydrogen-bond donors (Lipinski definition) is 2. The number of anilines is 1. The molecular formula is C31H34F4N8O. The van der Waals surface area contributed by atoms with Crippen molar-refractivity contribution in [3.05, 3.63) is 35.4 Å². The van der Waals surface area contributed by atoms with Crippen molar-refractivity contribution in [2.24, 2.45) is 0 Å². The van der Waals surface area contributed by atoms with Crippen LogP contribution in [0.2, 0.25) is 0 Å². The lowest BCUT2D eigenvalue weighted by molar-refractivity contribution is 0.0367. The highest BCUT2D eigenvalue weighted by atomic mass is 19.3. The van der Waals surface area contributed by atoms with Gasteiger partial charge < -0.3 is 15.0 Å². The Morgan fingerprint density at radius 3 is 2.84 bits per heavy atom. The van der Waals surface area contributed by atoms with Gasteiger partial charge >= 0.3 is 6.01 Å². The minimum atomic E-state index is -2.58. The summed E-state index contributed by atoms with van der Waals surface area (Å²) in [6.45, 7) is 5.62. The van der Waals surface area contributed by atoms with E-state index in [0.717, 1.165) is 41.4 Å². The van der Waals surface area contributed by atoms with Crippen LogP contribution >= 0.6 is 0 Å². The van der Waals surface area contributed by atoms with Gasteiger partial charge in [0.2, 0.25) is 0 Å². The number of fused-ring (bicyclic) bond motifs is 5. The number of alkyl halides is 3. The zero-order valence-electron chi connectivity index (χ0n) is 24.6. The molecule has 3 aromatic heterocycles.